The zero-order valence-electron chi connectivity index (χ0n) is 7.90. The molecule has 0 bridgehead atoms. The van der Waals surface area contributed by atoms with Gasteiger partial charge in [0.2, 0.25) is 0 Å². The van der Waals surface area contributed by atoms with E-state index in [1.165, 1.54) is 29.8 Å². The van der Waals surface area contributed by atoms with Crippen molar-refractivity contribution in [2.45, 2.75) is 10.7 Å². The van der Waals surface area contributed by atoms with Crippen LogP contribution in [0, 0.1) is 0 Å². The van der Waals surface area contributed by atoms with Crippen molar-refractivity contribution in [3.63, 3.8) is 0 Å². The Balaban J connectivity index is 2.65. The number of rotatable bonds is 3. The molecule has 0 fully saturated rings. The molecule has 0 aliphatic rings. The summed E-state index contributed by atoms with van der Waals surface area (Å²) < 4.78 is 2.35. The SMILES string of the molecule is BrCc1scc(Br)c1-c1c(Br)csc1CBr. The lowest BCUT2D eigenvalue weighted by Crippen LogP contribution is -1.83. The van der Waals surface area contributed by atoms with Gasteiger partial charge in [0.1, 0.15) is 0 Å². The van der Waals surface area contributed by atoms with Crippen LogP contribution in [0.5, 0.6) is 0 Å². The highest BCUT2D eigenvalue weighted by Crippen LogP contribution is 2.45. The van der Waals surface area contributed by atoms with E-state index in [0.717, 1.165) is 10.7 Å². The van der Waals surface area contributed by atoms with E-state index in [2.05, 4.69) is 74.5 Å². The third kappa shape index (κ3) is 2.52. The van der Waals surface area contributed by atoms with E-state index in [1.807, 2.05) is 0 Å². The van der Waals surface area contributed by atoms with Gasteiger partial charge >= 0.3 is 0 Å². The molecular formula is C10H6Br4S2. The third-order valence-electron chi connectivity index (χ3n) is 2.14. The zero-order valence-corrected chi connectivity index (χ0v) is 15.9. The predicted molar refractivity (Wildman–Crippen MR) is 88.3 cm³/mol. The summed E-state index contributed by atoms with van der Waals surface area (Å²) in [6, 6.07) is 0. The fourth-order valence-electron chi connectivity index (χ4n) is 1.46. The molecule has 0 spiro atoms. The van der Waals surface area contributed by atoms with Crippen molar-refractivity contribution in [1.82, 2.24) is 0 Å². The molecule has 0 saturated heterocycles. The van der Waals surface area contributed by atoms with Crippen LogP contribution in [0.4, 0.5) is 0 Å². The summed E-state index contributed by atoms with van der Waals surface area (Å²) in [4.78, 5) is 2.71. The average molecular weight is 510 g/mol. The van der Waals surface area contributed by atoms with Crippen LogP contribution in [0.15, 0.2) is 19.7 Å². The van der Waals surface area contributed by atoms with Crippen LogP contribution in [0.25, 0.3) is 11.1 Å². The molecule has 0 radical (unpaired) electrons. The van der Waals surface area contributed by atoms with E-state index in [-0.39, 0.29) is 0 Å². The van der Waals surface area contributed by atoms with Crippen LogP contribution >= 0.6 is 86.4 Å². The van der Waals surface area contributed by atoms with Gasteiger partial charge in [0.05, 0.1) is 0 Å². The van der Waals surface area contributed by atoms with Crippen molar-refractivity contribution in [2.24, 2.45) is 0 Å². The van der Waals surface area contributed by atoms with Crippen molar-refractivity contribution in [2.75, 3.05) is 0 Å². The van der Waals surface area contributed by atoms with E-state index in [0.29, 0.717) is 0 Å². The quantitative estimate of drug-likeness (QED) is 0.400. The fraction of sp³-hybridized carbons (Fsp3) is 0.200. The molecule has 0 saturated carbocycles. The van der Waals surface area contributed by atoms with Gasteiger partial charge in [-0.05, 0) is 31.9 Å². The topological polar surface area (TPSA) is 0 Å². The van der Waals surface area contributed by atoms with Gasteiger partial charge in [-0.3, -0.25) is 0 Å². The summed E-state index contributed by atoms with van der Waals surface area (Å²) in [6.07, 6.45) is 0. The lowest BCUT2D eigenvalue weighted by molar-refractivity contribution is 1.49. The Kier molecular flexibility index (Phi) is 5.13. The molecule has 2 aromatic heterocycles. The highest BCUT2D eigenvalue weighted by Gasteiger charge is 2.18. The monoisotopic (exact) mass is 506 g/mol. The standard InChI is InChI=1S/C10H6Br4S2/c11-1-7-9(5(13)3-15-7)10-6(14)4-16-8(10)2-12/h3-4H,1-2H2. The Hall–Kier alpha value is 1.32. The molecule has 0 unspecified atom stereocenters. The molecular weight excluding hydrogens is 504 g/mol. The predicted octanol–water partition coefficient (Wildman–Crippen LogP) is 6.79. The Bertz CT molecular complexity index is 455. The first-order chi connectivity index (χ1) is 7.69. The minimum Gasteiger partial charge on any atom is -0.146 e. The molecule has 0 aliphatic heterocycles. The van der Waals surface area contributed by atoms with Crippen LogP contribution in [0.3, 0.4) is 0 Å². The Labute approximate surface area is 136 Å². The summed E-state index contributed by atoms with van der Waals surface area (Å²) in [5, 5.41) is 6.08. The van der Waals surface area contributed by atoms with Crippen LogP contribution in [-0.2, 0) is 10.7 Å². The van der Waals surface area contributed by atoms with Gasteiger partial charge in [-0.25, -0.2) is 0 Å². The summed E-state index contributed by atoms with van der Waals surface area (Å²) >= 11 is 17.9. The largest absolute Gasteiger partial charge is 0.146 e. The third-order valence-corrected chi connectivity index (χ3v) is 7.83. The van der Waals surface area contributed by atoms with Gasteiger partial charge in [0.15, 0.2) is 0 Å². The van der Waals surface area contributed by atoms with Crippen molar-refractivity contribution in [3.8, 4) is 11.1 Å². The molecule has 0 nitrogen and oxygen atoms in total. The average Bonchev–Trinajstić information content (AvgIpc) is 2.81. The zero-order chi connectivity index (χ0) is 11.7. The van der Waals surface area contributed by atoms with Gasteiger partial charge in [-0.2, -0.15) is 0 Å². The minimum absolute atomic E-state index is 0.891. The summed E-state index contributed by atoms with van der Waals surface area (Å²) in [5.74, 6) is 0. The molecule has 2 aromatic rings. The lowest BCUT2D eigenvalue weighted by Gasteiger charge is -2.04. The molecule has 86 valence electrons. The first-order valence-corrected chi connectivity index (χ1v) is 9.91. The molecule has 0 aliphatic carbocycles. The fourth-order valence-corrected chi connectivity index (χ4v) is 6.03. The van der Waals surface area contributed by atoms with Gasteiger partial charge in [-0.1, -0.05) is 31.9 Å². The summed E-state index contributed by atoms with van der Waals surface area (Å²) in [7, 11) is 0. The number of alkyl halides is 2. The van der Waals surface area contributed by atoms with Crippen molar-refractivity contribution in [1.29, 1.82) is 0 Å². The van der Waals surface area contributed by atoms with E-state index >= 15 is 0 Å². The maximum absolute atomic E-state index is 3.63. The maximum Gasteiger partial charge on any atom is 0.0383 e. The van der Waals surface area contributed by atoms with E-state index < -0.39 is 0 Å². The number of hydrogen-bond donors (Lipinski definition) is 0. The second-order valence-electron chi connectivity index (χ2n) is 3.03. The number of hydrogen-bond acceptors (Lipinski definition) is 2. The van der Waals surface area contributed by atoms with Gasteiger partial charge in [0.25, 0.3) is 0 Å². The van der Waals surface area contributed by atoms with Crippen molar-refractivity contribution in [3.05, 3.63) is 29.5 Å². The summed E-state index contributed by atoms with van der Waals surface area (Å²) in [5.41, 5.74) is 2.62. The Morgan fingerprint density at radius 3 is 1.50 bits per heavy atom. The highest BCUT2D eigenvalue weighted by molar-refractivity contribution is 9.11. The van der Waals surface area contributed by atoms with Crippen LogP contribution in [-0.4, -0.2) is 0 Å². The van der Waals surface area contributed by atoms with Gasteiger partial charge < -0.3 is 0 Å². The molecule has 16 heavy (non-hydrogen) atoms. The Morgan fingerprint density at radius 2 is 1.19 bits per heavy atom. The van der Waals surface area contributed by atoms with Gasteiger partial charge in [0, 0.05) is 51.2 Å². The van der Waals surface area contributed by atoms with E-state index in [4.69, 9.17) is 0 Å². The second kappa shape index (κ2) is 5.97. The van der Waals surface area contributed by atoms with Crippen LogP contribution in [0.2, 0.25) is 0 Å². The minimum atomic E-state index is 0.891. The summed E-state index contributed by atoms with van der Waals surface area (Å²) in [6.45, 7) is 0. The molecule has 0 amide bonds. The van der Waals surface area contributed by atoms with Crippen LogP contribution in [0.1, 0.15) is 9.75 Å². The highest BCUT2D eigenvalue weighted by atomic mass is 79.9. The number of thiophene rings is 2. The van der Waals surface area contributed by atoms with Crippen molar-refractivity contribution >= 4 is 86.4 Å². The smallest absolute Gasteiger partial charge is 0.0383 e. The molecule has 0 atom stereocenters. The van der Waals surface area contributed by atoms with E-state index in [9.17, 15) is 0 Å². The lowest BCUT2D eigenvalue weighted by atomic mass is 10.1. The van der Waals surface area contributed by atoms with Gasteiger partial charge in [-0.15, -0.1) is 22.7 Å². The molecule has 0 N–H and O–H groups in total. The van der Waals surface area contributed by atoms with E-state index in [1.54, 1.807) is 22.7 Å². The van der Waals surface area contributed by atoms with Crippen LogP contribution < -0.4 is 0 Å². The second-order valence-corrected chi connectivity index (χ2v) is 7.79. The Morgan fingerprint density at radius 1 is 0.812 bits per heavy atom. The molecule has 2 rings (SSSR count). The maximum atomic E-state index is 3.63. The molecule has 2 heterocycles. The van der Waals surface area contributed by atoms with Crippen molar-refractivity contribution < 1.29 is 0 Å². The molecule has 0 aromatic carbocycles. The normalized spacial score (nSPS) is 11.0. The molecule has 6 heteroatoms. The first kappa shape index (κ1) is 13.7. The number of halogens is 4. The first-order valence-electron chi connectivity index (χ1n) is 4.33.